The fourth-order valence-electron chi connectivity index (χ4n) is 3.47. The van der Waals surface area contributed by atoms with Crippen molar-refractivity contribution in [3.8, 4) is 0 Å². The van der Waals surface area contributed by atoms with Gasteiger partial charge in [-0.25, -0.2) is 0 Å². The molecule has 1 aliphatic heterocycles. The molecule has 0 saturated carbocycles. The smallest absolute Gasteiger partial charge is 0.129 e. The second-order valence-corrected chi connectivity index (χ2v) is 7.36. The first-order valence-corrected chi connectivity index (χ1v) is 9.10. The van der Waals surface area contributed by atoms with Crippen molar-refractivity contribution in [3.05, 3.63) is 71.8 Å². The van der Waals surface area contributed by atoms with Gasteiger partial charge in [-0.3, -0.25) is 0 Å². The first kappa shape index (κ1) is 19.4. The minimum Gasteiger partial charge on any atom is -0.387 e. The predicted octanol–water partition coefficient (Wildman–Crippen LogP) is 0.940. The standard InChI is InChI=1S/C20H24O5S/c21-15-16(22)18(25-19(26)17(15)23)20(24,11-13-7-3-1-4-8-13)12-14-9-5-2-6-10-14/h1-10,15-19,21-24,26H,11-12H2/t15-,16-,17+,18-,19-/m0/s1. The van der Waals surface area contributed by atoms with Gasteiger partial charge in [-0.1, -0.05) is 60.7 Å². The quantitative estimate of drug-likeness (QED) is 0.501. The largest absolute Gasteiger partial charge is 0.387 e. The molecule has 1 aliphatic rings. The van der Waals surface area contributed by atoms with Crippen LogP contribution in [-0.4, -0.2) is 55.9 Å². The number of benzene rings is 2. The Morgan fingerprint density at radius 2 is 1.23 bits per heavy atom. The third-order valence-electron chi connectivity index (χ3n) is 4.82. The van der Waals surface area contributed by atoms with Crippen molar-refractivity contribution in [2.24, 2.45) is 0 Å². The molecular formula is C20H24O5S. The van der Waals surface area contributed by atoms with Gasteiger partial charge in [0.05, 0.1) is 0 Å². The molecule has 5 nitrogen and oxygen atoms in total. The van der Waals surface area contributed by atoms with Crippen LogP contribution in [0.1, 0.15) is 11.1 Å². The van der Waals surface area contributed by atoms with Crippen LogP contribution >= 0.6 is 12.6 Å². The summed E-state index contributed by atoms with van der Waals surface area (Å²) in [5.41, 5.74) is -0.753. The van der Waals surface area contributed by atoms with Crippen molar-refractivity contribution in [1.29, 1.82) is 0 Å². The van der Waals surface area contributed by atoms with Crippen molar-refractivity contribution in [2.45, 2.75) is 48.3 Å². The Bertz CT molecular complexity index is 654. The Labute approximate surface area is 158 Å². The van der Waals surface area contributed by atoms with E-state index in [1.54, 1.807) is 0 Å². The monoisotopic (exact) mass is 376 g/mol. The summed E-state index contributed by atoms with van der Waals surface area (Å²) in [6.45, 7) is 0. The number of hydrogen-bond donors (Lipinski definition) is 5. The van der Waals surface area contributed by atoms with E-state index in [0.29, 0.717) is 0 Å². The van der Waals surface area contributed by atoms with E-state index in [-0.39, 0.29) is 12.8 Å². The Balaban J connectivity index is 1.94. The first-order chi connectivity index (χ1) is 12.4. The Hall–Kier alpha value is -1.41. The molecule has 0 spiro atoms. The first-order valence-electron chi connectivity index (χ1n) is 8.59. The van der Waals surface area contributed by atoms with Gasteiger partial charge in [0.15, 0.2) is 0 Å². The predicted molar refractivity (Wildman–Crippen MR) is 101 cm³/mol. The van der Waals surface area contributed by atoms with Gasteiger partial charge in [-0.05, 0) is 11.1 Å². The van der Waals surface area contributed by atoms with Crippen molar-refractivity contribution < 1.29 is 25.2 Å². The van der Waals surface area contributed by atoms with Crippen LogP contribution in [0.2, 0.25) is 0 Å². The molecule has 6 heteroatoms. The summed E-state index contributed by atoms with van der Waals surface area (Å²) >= 11 is 4.15. The zero-order valence-electron chi connectivity index (χ0n) is 14.2. The number of hydrogen-bond acceptors (Lipinski definition) is 6. The number of ether oxygens (including phenoxy) is 1. The summed E-state index contributed by atoms with van der Waals surface area (Å²) in [7, 11) is 0. The van der Waals surface area contributed by atoms with Gasteiger partial charge in [0.2, 0.25) is 0 Å². The molecule has 0 amide bonds. The maximum atomic E-state index is 11.5. The Morgan fingerprint density at radius 1 is 0.769 bits per heavy atom. The van der Waals surface area contributed by atoms with Crippen LogP contribution in [0.3, 0.4) is 0 Å². The summed E-state index contributed by atoms with van der Waals surface area (Å²) < 4.78 is 5.65. The van der Waals surface area contributed by atoms with Crippen molar-refractivity contribution in [3.63, 3.8) is 0 Å². The van der Waals surface area contributed by atoms with Crippen molar-refractivity contribution in [1.82, 2.24) is 0 Å². The number of aliphatic hydroxyl groups is 4. The van der Waals surface area contributed by atoms with Gasteiger partial charge in [0, 0.05) is 12.8 Å². The molecular weight excluding hydrogens is 352 g/mol. The summed E-state index contributed by atoms with van der Waals surface area (Å²) in [6.07, 6.45) is -4.90. The van der Waals surface area contributed by atoms with Gasteiger partial charge in [0.1, 0.15) is 35.5 Å². The zero-order valence-corrected chi connectivity index (χ0v) is 15.1. The second-order valence-electron chi connectivity index (χ2n) is 6.85. The van der Waals surface area contributed by atoms with Gasteiger partial charge in [-0.15, -0.1) is 12.6 Å². The number of thiol groups is 1. The van der Waals surface area contributed by atoms with Crippen LogP contribution in [0.5, 0.6) is 0 Å². The molecule has 26 heavy (non-hydrogen) atoms. The molecule has 5 atom stereocenters. The van der Waals surface area contributed by atoms with Crippen molar-refractivity contribution >= 4 is 12.6 Å². The van der Waals surface area contributed by atoms with Crippen molar-refractivity contribution in [2.75, 3.05) is 0 Å². The molecule has 3 rings (SSSR count). The lowest BCUT2D eigenvalue weighted by Crippen LogP contribution is -2.64. The molecule has 0 aromatic heterocycles. The summed E-state index contributed by atoms with van der Waals surface area (Å²) in [6, 6.07) is 18.8. The van der Waals surface area contributed by atoms with Crippen LogP contribution in [-0.2, 0) is 17.6 Å². The molecule has 0 unspecified atom stereocenters. The summed E-state index contributed by atoms with van der Waals surface area (Å²) in [4.78, 5) is 0. The van der Waals surface area contributed by atoms with Crippen LogP contribution in [0.15, 0.2) is 60.7 Å². The van der Waals surface area contributed by atoms with E-state index < -0.39 is 35.5 Å². The lowest BCUT2D eigenvalue weighted by molar-refractivity contribution is -0.245. The van der Waals surface area contributed by atoms with E-state index in [9.17, 15) is 20.4 Å². The molecule has 0 radical (unpaired) electrons. The molecule has 0 bridgehead atoms. The molecule has 1 heterocycles. The highest BCUT2D eigenvalue weighted by Gasteiger charge is 2.51. The SMILES string of the molecule is O[C@@H]1[C@@H](O)[C@H](S)O[C@H](C(O)(Cc2ccccc2)Cc2ccccc2)[C@H]1O. The molecule has 140 valence electrons. The average Bonchev–Trinajstić information content (AvgIpc) is 2.64. The van der Waals surface area contributed by atoms with Crippen LogP contribution < -0.4 is 0 Å². The van der Waals surface area contributed by atoms with E-state index in [0.717, 1.165) is 11.1 Å². The highest BCUT2D eigenvalue weighted by atomic mass is 32.1. The average molecular weight is 376 g/mol. The minimum atomic E-state index is -1.50. The van der Waals surface area contributed by atoms with Gasteiger partial charge in [0.25, 0.3) is 0 Å². The molecule has 2 aromatic carbocycles. The second kappa shape index (κ2) is 8.08. The number of rotatable bonds is 5. The van der Waals surface area contributed by atoms with Gasteiger partial charge < -0.3 is 25.2 Å². The summed E-state index contributed by atoms with van der Waals surface area (Å²) in [5, 5.41) is 42.0. The van der Waals surface area contributed by atoms with E-state index in [1.165, 1.54) is 0 Å². The van der Waals surface area contributed by atoms with E-state index >= 15 is 0 Å². The van der Waals surface area contributed by atoms with E-state index in [4.69, 9.17) is 4.74 Å². The fourth-order valence-corrected chi connectivity index (χ4v) is 3.78. The maximum absolute atomic E-state index is 11.5. The number of aliphatic hydroxyl groups excluding tert-OH is 3. The topological polar surface area (TPSA) is 90.2 Å². The van der Waals surface area contributed by atoms with Crippen LogP contribution in [0, 0.1) is 0 Å². The molecule has 4 N–H and O–H groups in total. The Morgan fingerprint density at radius 3 is 1.69 bits per heavy atom. The van der Waals surface area contributed by atoms with Gasteiger partial charge in [-0.2, -0.15) is 0 Å². The molecule has 1 fully saturated rings. The lowest BCUT2D eigenvalue weighted by Gasteiger charge is -2.46. The van der Waals surface area contributed by atoms with Crippen LogP contribution in [0.4, 0.5) is 0 Å². The Kier molecular flexibility index (Phi) is 6.02. The maximum Gasteiger partial charge on any atom is 0.129 e. The summed E-state index contributed by atoms with van der Waals surface area (Å²) in [5.74, 6) is 0. The fraction of sp³-hybridized carbons (Fsp3) is 0.400. The highest BCUT2D eigenvalue weighted by molar-refractivity contribution is 7.80. The van der Waals surface area contributed by atoms with Crippen LogP contribution in [0.25, 0.3) is 0 Å². The van der Waals surface area contributed by atoms with Gasteiger partial charge >= 0.3 is 0 Å². The molecule has 2 aromatic rings. The lowest BCUT2D eigenvalue weighted by atomic mass is 9.78. The van der Waals surface area contributed by atoms with E-state index in [1.807, 2.05) is 60.7 Å². The minimum absolute atomic E-state index is 0.216. The van der Waals surface area contributed by atoms with E-state index in [2.05, 4.69) is 12.6 Å². The molecule has 0 aliphatic carbocycles. The zero-order chi connectivity index (χ0) is 18.7. The normalized spacial score (nSPS) is 29.5. The third kappa shape index (κ3) is 4.11. The third-order valence-corrected chi connectivity index (χ3v) is 5.25. The molecule has 1 saturated heterocycles. The highest BCUT2D eigenvalue weighted by Crippen LogP contribution is 2.34.